The number of carbonyl (C=O) groups is 1. The molecule has 1 fully saturated rings. The molecule has 8 heteroatoms. The van der Waals surface area contributed by atoms with E-state index in [4.69, 9.17) is 5.26 Å². The van der Waals surface area contributed by atoms with Crippen molar-refractivity contribution >= 4 is 23.1 Å². The molecule has 0 spiro atoms. The zero-order valence-electron chi connectivity index (χ0n) is 12.3. The third-order valence-electron chi connectivity index (χ3n) is 3.74. The molecule has 118 valence electrons. The zero-order chi connectivity index (χ0) is 16.2. The maximum Gasteiger partial charge on any atom is 0.290 e. The van der Waals surface area contributed by atoms with Crippen LogP contribution in [0.4, 0.5) is 5.82 Å². The molecule has 0 saturated carbocycles. The number of rotatable bonds is 3. The van der Waals surface area contributed by atoms with Crippen molar-refractivity contribution in [1.29, 1.82) is 5.26 Å². The number of amides is 1. The highest BCUT2D eigenvalue weighted by atomic mass is 32.1. The number of nitriles is 1. The second kappa shape index (κ2) is 6.62. The Kier molecular flexibility index (Phi) is 4.39. The summed E-state index contributed by atoms with van der Waals surface area (Å²) in [6, 6.07) is 3.58. The van der Waals surface area contributed by atoms with Crippen LogP contribution in [-0.4, -0.2) is 35.0 Å². The van der Waals surface area contributed by atoms with E-state index in [-0.39, 0.29) is 17.5 Å². The summed E-state index contributed by atoms with van der Waals surface area (Å²) >= 11 is 1.25. The molecule has 1 unspecified atom stereocenters. The molecule has 1 aliphatic heterocycles. The van der Waals surface area contributed by atoms with Crippen molar-refractivity contribution < 1.29 is 4.79 Å². The van der Waals surface area contributed by atoms with Crippen molar-refractivity contribution in [3.8, 4) is 6.07 Å². The van der Waals surface area contributed by atoms with E-state index < -0.39 is 0 Å². The van der Waals surface area contributed by atoms with Gasteiger partial charge in [-0.3, -0.25) is 9.59 Å². The number of aromatic nitrogens is 2. The standard InChI is InChI=1S/C15H15N5O2S/c16-8-10-3-7-23-12(10)14(21)19-11-2-1-6-20(9-11)13-15(22)18-5-4-17-13/h3-5,7,11H,1-2,6,9H2,(H,18,22)(H,19,21). The Labute approximate surface area is 136 Å². The van der Waals surface area contributed by atoms with Gasteiger partial charge in [0, 0.05) is 31.5 Å². The number of piperidine rings is 1. The van der Waals surface area contributed by atoms with E-state index >= 15 is 0 Å². The minimum Gasteiger partial charge on any atom is -0.350 e. The van der Waals surface area contributed by atoms with E-state index in [2.05, 4.69) is 15.3 Å². The van der Waals surface area contributed by atoms with Gasteiger partial charge >= 0.3 is 0 Å². The molecule has 1 aliphatic rings. The molecular formula is C15H15N5O2S. The molecule has 3 rings (SSSR count). The number of H-pyrrole nitrogens is 1. The number of thiophene rings is 1. The minimum atomic E-state index is -0.238. The number of hydrogen-bond acceptors (Lipinski definition) is 6. The normalized spacial score (nSPS) is 17.5. The van der Waals surface area contributed by atoms with Gasteiger partial charge in [0.15, 0.2) is 5.82 Å². The summed E-state index contributed by atoms with van der Waals surface area (Å²) in [6.45, 7) is 1.26. The molecule has 2 aromatic heterocycles. The number of aromatic amines is 1. The number of hydrogen-bond donors (Lipinski definition) is 2. The largest absolute Gasteiger partial charge is 0.350 e. The van der Waals surface area contributed by atoms with Crippen molar-refractivity contribution in [3.05, 3.63) is 44.6 Å². The Morgan fingerprint density at radius 2 is 2.43 bits per heavy atom. The van der Waals surface area contributed by atoms with Crippen LogP contribution in [0.25, 0.3) is 0 Å². The molecule has 1 atom stereocenters. The second-order valence-electron chi connectivity index (χ2n) is 5.28. The first kappa shape index (κ1) is 15.2. The summed E-state index contributed by atoms with van der Waals surface area (Å²) < 4.78 is 0. The van der Waals surface area contributed by atoms with Gasteiger partial charge in [0.25, 0.3) is 11.5 Å². The topological polar surface area (TPSA) is 102 Å². The number of nitrogens with one attached hydrogen (secondary N) is 2. The van der Waals surface area contributed by atoms with Gasteiger partial charge < -0.3 is 15.2 Å². The van der Waals surface area contributed by atoms with Crippen LogP contribution in [-0.2, 0) is 0 Å². The van der Waals surface area contributed by atoms with Gasteiger partial charge in [0.05, 0.1) is 5.56 Å². The van der Waals surface area contributed by atoms with Crippen LogP contribution in [0, 0.1) is 11.3 Å². The van der Waals surface area contributed by atoms with Crippen molar-refractivity contribution in [2.75, 3.05) is 18.0 Å². The molecule has 2 N–H and O–H groups in total. The predicted octanol–water partition coefficient (Wildman–Crippen LogP) is 1.10. The molecule has 1 amide bonds. The molecule has 1 saturated heterocycles. The average molecular weight is 329 g/mol. The molecular weight excluding hydrogens is 314 g/mol. The molecule has 0 radical (unpaired) electrons. The quantitative estimate of drug-likeness (QED) is 0.878. The number of anilines is 1. The SMILES string of the molecule is N#Cc1ccsc1C(=O)NC1CCCN(c2ncc[nH]c2=O)C1. The van der Waals surface area contributed by atoms with Gasteiger partial charge in [-0.1, -0.05) is 0 Å². The van der Waals surface area contributed by atoms with Crippen LogP contribution in [0.5, 0.6) is 0 Å². The van der Waals surface area contributed by atoms with Crippen molar-refractivity contribution in [2.24, 2.45) is 0 Å². The Morgan fingerprint density at radius 3 is 3.22 bits per heavy atom. The van der Waals surface area contributed by atoms with E-state index in [9.17, 15) is 9.59 Å². The van der Waals surface area contributed by atoms with Gasteiger partial charge in [-0.25, -0.2) is 4.98 Å². The first-order valence-electron chi connectivity index (χ1n) is 7.26. The van der Waals surface area contributed by atoms with Crippen LogP contribution >= 0.6 is 11.3 Å². The maximum atomic E-state index is 12.3. The summed E-state index contributed by atoms with van der Waals surface area (Å²) in [7, 11) is 0. The third-order valence-corrected chi connectivity index (χ3v) is 4.65. The van der Waals surface area contributed by atoms with Crippen LogP contribution in [0.2, 0.25) is 0 Å². The minimum absolute atomic E-state index is 0.0775. The highest BCUT2D eigenvalue weighted by molar-refractivity contribution is 7.12. The van der Waals surface area contributed by atoms with Crippen molar-refractivity contribution in [2.45, 2.75) is 18.9 Å². The van der Waals surface area contributed by atoms with E-state index in [1.54, 1.807) is 17.6 Å². The lowest BCUT2D eigenvalue weighted by atomic mass is 10.1. The first-order valence-corrected chi connectivity index (χ1v) is 8.14. The lowest BCUT2D eigenvalue weighted by Gasteiger charge is -2.33. The maximum absolute atomic E-state index is 12.3. The van der Waals surface area contributed by atoms with E-state index in [0.717, 1.165) is 19.4 Å². The smallest absolute Gasteiger partial charge is 0.290 e. The fourth-order valence-electron chi connectivity index (χ4n) is 2.68. The van der Waals surface area contributed by atoms with E-state index in [1.165, 1.54) is 17.5 Å². The molecule has 2 aromatic rings. The van der Waals surface area contributed by atoms with Gasteiger partial charge in [-0.2, -0.15) is 5.26 Å². The summed E-state index contributed by atoms with van der Waals surface area (Å²) in [5, 5.41) is 13.7. The van der Waals surface area contributed by atoms with Gasteiger partial charge in [0.2, 0.25) is 0 Å². The monoisotopic (exact) mass is 329 g/mol. The van der Waals surface area contributed by atoms with Gasteiger partial charge in [-0.15, -0.1) is 11.3 Å². The van der Waals surface area contributed by atoms with Crippen LogP contribution < -0.4 is 15.8 Å². The molecule has 0 bridgehead atoms. The van der Waals surface area contributed by atoms with Gasteiger partial charge in [0.1, 0.15) is 10.9 Å². The number of carbonyl (C=O) groups excluding carboxylic acids is 1. The highest BCUT2D eigenvalue weighted by Crippen LogP contribution is 2.18. The summed E-state index contributed by atoms with van der Waals surface area (Å²) in [5.41, 5.74) is 0.158. The Hall–Kier alpha value is -2.66. The van der Waals surface area contributed by atoms with E-state index in [1.807, 2.05) is 11.0 Å². The molecule has 7 nitrogen and oxygen atoms in total. The Balaban J connectivity index is 1.70. The van der Waals surface area contributed by atoms with E-state index in [0.29, 0.717) is 22.8 Å². The summed E-state index contributed by atoms with van der Waals surface area (Å²) in [5.74, 6) is 0.138. The summed E-state index contributed by atoms with van der Waals surface area (Å²) in [6.07, 6.45) is 4.73. The molecule has 3 heterocycles. The zero-order valence-corrected chi connectivity index (χ0v) is 13.1. The fraction of sp³-hybridized carbons (Fsp3) is 0.333. The molecule has 0 aliphatic carbocycles. The molecule has 23 heavy (non-hydrogen) atoms. The first-order chi connectivity index (χ1) is 11.2. The van der Waals surface area contributed by atoms with Crippen molar-refractivity contribution in [3.63, 3.8) is 0 Å². The predicted molar refractivity (Wildman–Crippen MR) is 86.6 cm³/mol. The van der Waals surface area contributed by atoms with Crippen LogP contribution in [0.1, 0.15) is 28.1 Å². The highest BCUT2D eigenvalue weighted by Gasteiger charge is 2.25. The lowest BCUT2D eigenvalue weighted by Crippen LogP contribution is -2.49. The Bertz CT molecular complexity index is 806. The fourth-order valence-corrected chi connectivity index (χ4v) is 3.43. The third kappa shape index (κ3) is 3.24. The second-order valence-corrected chi connectivity index (χ2v) is 6.19. The number of nitrogens with zero attached hydrogens (tertiary/aromatic N) is 3. The molecule has 0 aromatic carbocycles. The van der Waals surface area contributed by atoms with Crippen LogP contribution in [0.3, 0.4) is 0 Å². The van der Waals surface area contributed by atoms with Gasteiger partial charge in [-0.05, 0) is 24.3 Å². The summed E-state index contributed by atoms with van der Waals surface area (Å²) in [4.78, 5) is 33.2. The Morgan fingerprint density at radius 1 is 1.57 bits per heavy atom. The lowest BCUT2D eigenvalue weighted by molar-refractivity contribution is 0.0937. The van der Waals surface area contributed by atoms with Crippen LogP contribution in [0.15, 0.2) is 28.6 Å². The average Bonchev–Trinajstić information content (AvgIpc) is 3.04. The van der Waals surface area contributed by atoms with Crippen molar-refractivity contribution in [1.82, 2.24) is 15.3 Å².